The normalized spacial score (nSPS) is 9.91. The Labute approximate surface area is 69.0 Å². The zero-order valence-electron chi connectivity index (χ0n) is 5.83. The highest BCUT2D eigenvalue weighted by molar-refractivity contribution is 7.80. The summed E-state index contributed by atoms with van der Waals surface area (Å²) >= 11 is 4.69. The number of aromatic nitrogens is 2. The van der Waals surface area contributed by atoms with Crippen LogP contribution in [0.4, 0.5) is 4.39 Å². The lowest BCUT2D eigenvalue weighted by Crippen LogP contribution is -2.08. The van der Waals surface area contributed by atoms with Gasteiger partial charge in [-0.25, -0.2) is 4.39 Å². The molecule has 0 spiro atoms. The standard InChI is InChI=1S/C6H8FN3S/c7-1-2-10-4-5(3-9-10)6(8)11/h3-4H,1-2H2,(H2,8,11). The molecule has 1 aromatic heterocycles. The number of nitrogens with two attached hydrogens (primary N) is 1. The predicted octanol–water partition coefficient (Wildman–Crippen LogP) is 0.487. The summed E-state index contributed by atoms with van der Waals surface area (Å²) in [7, 11) is 0. The van der Waals surface area contributed by atoms with Gasteiger partial charge in [0.2, 0.25) is 0 Å². The molecule has 0 amide bonds. The molecule has 2 N–H and O–H groups in total. The van der Waals surface area contributed by atoms with Crippen LogP contribution in [-0.4, -0.2) is 21.4 Å². The SMILES string of the molecule is NC(=S)c1cnn(CCF)c1. The molecule has 0 aliphatic rings. The highest BCUT2D eigenvalue weighted by Gasteiger charge is 1.99. The molecule has 0 saturated carbocycles. The van der Waals surface area contributed by atoms with Gasteiger partial charge in [0.25, 0.3) is 0 Å². The van der Waals surface area contributed by atoms with Crippen LogP contribution in [0, 0.1) is 0 Å². The minimum atomic E-state index is -0.432. The van der Waals surface area contributed by atoms with Gasteiger partial charge in [0.15, 0.2) is 0 Å². The van der Waals surface area contributed by atoms with Crippen LogP contribution in [0.1, 0.15) is 5.56 Å². The number of hydrogen-bond donors (Lipinski definition) is 1. The van der Waals surface area contributed by atoms with Crippen molar-refractivity contribution in [2.75, 3.05) is 6.67 Å². The van der Waals surface area contributed by atoms with E-state index in [0.717, 1.165) is 0 Å². The third kappa shape index (κ3) is 1.98. The van der Waals surface area contributed by atoms with Gasteiger partial charge in [-0.15, -0.1) is 0 Å². The first-order valence-corrected chi connectivity index (χ1v) is 3.53. The number of nitrogens with zero attached hydrogens (tertiary/aromatic N) is 2. The van der Waals surface area contributed by atoms with E-state index in [-0.39, 0.29) is 11.5 Å². The van der Waals surface area contributed by atoms with Crippen molar-refractivity contribution in [3.8, 4) is 0 Å². The molecule has 0 fully saturated rings. The molecule has 1 aromatic rings. The first-order valence-electron chi connectivity index (χ1n) is 3.12. The van der Waals surface area contributed by atoms with E-state index in [1.807, 2.05) is 0 Å². The van der Waals surface area contributed by atoms with Crippen LogP contribution < -0.4 is 5.73 Å². The molecule has 11 heavy (non-hydrogen) atoms. The average molecular weight is 173 g/mol. The summed E-state index contributed by atoms with van der Waals surface area (Å²) < 4.78 is 13.2. The molecule has 0 bridgehead atoms. The van der Waals surface area contributed by atoms with Crippen LogP contribution in [0.15, 0.2) is 12.4 Å². The quantitative estimate of drug-likeness (QED) is 0.676. The fourth-order valence-electron chi connectivity index (χ4n) is 0.700. The van der Waals surface area contributed by atoms with E-state index in [0.29, 0.717) is 5.56 Å². The molecule has 5 heteroatoms. The molecule has 0 unspecified atom stereocenters. The topological polar surface area (TPSA) is 43.8 Å². The van der Waals surface area contributed by atoms with Gasteiger partial charge in [-0.2, -0.15) is 5.10 Å². The second-order valence-electron chi connectivity index (χ2n) is 2.05. The monoisotopic (exact) mass is 173 g/mol. The summed E-state index contributed by atoms with van der Waals surface area (Å²) in [6.45, 7) is -0.179. The summed E-state index contributed by atoms with van der Waals surface area (Å²) in [5, 5.41) is 3.84. The lowest BCUT2D eigenvalue weighted by atomic mass is 10.4. The molecule has 0 atom stereocenters. The van der Waals surface area contributed by atoms with E-state index in [9.17, 15) is 4.39 Å². The number of halogens is 1. The molecule has 0 saturated heterocycles. The van der Waals surface area contributed by atoms with Gasteiger partial charge in [0.1, 0.15) is 11.7 Å². The van der Waals surface area contributed by atoms with Crippen molar-refractivity contribution < 1.29 is 4.39 Å². The summed E-state index contributed by atoms with van der Waals surface area (Å²) in [4.78, 5) is 0.287. The maximum absolute atomic E-state index is 11.8. The lowest BCUT2D eigenvalue weighted by Gasteiger charge is -1.92. The van der Waals surface area contributed by atoms with E-state index in [4.69, 9.17) is 18.0 Å². The van der Waals surface area contributed by atoms with Crippen molar-refractivity contribution in [2.45, 2.75) is 6.54 Å². The zero-order chi connectivity index (χ0) is 8.27. The Bertz CT molecular complexity index is 258. The molecular weight excluding hydrogens is 165 g/mol. The number of alkyl halides is 1. The van der Waals surface area contributed by atoms with E-state index in [1.165, 1.54) is 10.9 Å². The Morgan fingerprint density at radius 3 is 3.00 bits per heavy atom. The summed E-state index contributed by atoms with van der Waals surface area (Å²) in [6.07, 6.45) is 3.15. The predicted molar refractivity (Wildman–Crippen MR) is 44.1 cm³/mol. The van der Waals surface area contributed by atoms with Crippen molar-refractivity contribution in [3.63, 3.8) is 0 Å². The van der Waals surface area contributed by atoms with Gasteiger partial charge >= 0.3 is 0 Å². The van der Waals surface area contributed by atoms with Crippen LogP contribution in [0.3, 0.4) is 0 Å². The Kier molecular flexibility index (Phi) is 2.53. The highest BCUT2D eigenvalue weighted by atomic mass is 32.1. The fourth-order valence-corrected chi connectivity index (χ4v) is 0.805. The molecule has 1 heterocycles. The molecule has 0 aliphatic carbocycles. The highest BCUT2D eigenvalue weighted by Crippen LogP contribution is 1.96. The maximum Gasteiger partial charge on any atom is 0.109 e. The zero-order valence-corrected chi connectivity index (χ0v) is 6.64. The van der Waals surface area contributed by atoms with Crippen LogP contribution in [0.5, 0.6) is 0 Å². The molecule has 3 nitrogen and oxygen atoms in total. The van der Waals surface area contributed by atoms with Gasteiger partial charge in [0, 0.05) is 11.8 Å². The van der Waals surface area contributed by atoms with Gasteiger partial charge in [-0.1, -0.05) is 12.2 Å². The van der Waals surface area contributed by atoms with Crippen molar-refractivity contribution in [1.82, 2.24) is 9.78 Å². The van der Waals surface area contributed by atoms with E-state index in [2.05, 4.69) is 5.10 Å². The Morgan fingerprint density at radius 1 is 1.82 bits per heavy atom. The van der Waals surface area contributed by atoms with Crippen LogP contribution in [0.2, 0.25) is 0 Å². The number of aryl methyl sites for hydroxylation is 1. The summed E-state index contributed by atoms with van der Waals surface area (Å²) in [5.41, 5.74) is 5.98. The average Bonchev–Trinajstić information content (AvgIpc) is 2.37. The molecule has 1 rings (SSSR count). The summed E-state index contributed by atoms with van der Waals surface area (Å²) in [5.74, 6) is 0. The van der Waals surface area contributed by atoms with Crippen molar-refractivity contribution in [2.24, 2.45) is 5.73 Å². The van der Waals surface area contributed by atoms with Gasteiger partial charge < -0.3 is 5.73 Å². The largest absolute Gasteiger partial charge is 0.389 e. The number of thiocarbonyl (C=S) groups is 1. The summed E-state index contributed by atoms with van der Waals surface area (Å²) in [6, 6.07) is 0. The Hall–Kier alpha value is -0.970. The third-order valence-corrected chi connectivity index (χ3v) is 1.47. The third-order valence-electron chi connectivity index (χ3n) is 1.23. The number of hydrogen-bond acceptors (Lipinski definition) is 2. The second kappa shape index (κ2) is 3.43. The van der Waals surface area contributed by atoms with E-state index >= 15 is 0 Å². The minimum Gasteiger partial charge on any atom is -0.389 e. The van der Waals surface area contributed by atoms with Crippen LogP contribution >= 0.6 is 12.2 Å². The molecule has 0 aromatic carbocycles. The number of rotatable bonds is 3. The van der Waals surface area contributed by atoms with Gasteiger partial charge in [0.05, 0.1) is 12.7 Å². The van der Waals surface area contributed by atoms with Gasteiger partial charge in [-0.3, -0.25) is 4.68 Å². The fraction of sp³-hybridized carbons (Fsp3) is 0.333. The van der Waals surface area contributed by atoms with Gasteiger partial charge in [-0.05, 0) is 0 Å². The van der Waals surface area contributed by atoms with Crippen LogP contribution in [-0.2, 0) is 6.54 Å². The van der Waals surface area contributed by atoms with Crippen molar-refractivity contribution >= 4 is 17.2 Å². The maximum atomic E-state index is 11.8. The lowest BCUT2D eigenvalue weighted by molar-refractivity contribution is 0.427. The van der Waals surface area contributed by atoms with Crippen LogP contribution in [0.25, 0.3) is 0 Å². The van der Waals surface area contributed by atoms with Crippen molar-refractivity contribution in [1.29, 1.82) is 0 Å². The van der Waals surface area contributed by atoms with E-state index in [1.54, 1.807) is 6.20 Å². The molecular formula is C6H8FN3S. The smallest absolute Gasteiger partial charge is 0.109 e. The Balaban J connectivity index is 2.73. The van der Waals surface area contributed by atoms with E-state index < -0.39 is 6.67 Å². The van der Waals surface area contributed by atoms with Crippen molar-refractivity contribution in [3.05, 3.63) is 18.0 Å². The first-order chi connectivity index (χ1) is 5.24. The Morgan fingerprint density at radius 2 is 2.55 bits per heavy atom. The first kappa shape index (κ1) is 8.13. The molecule has 0 aliphatic heterocycles. The molecule has 0 radical (unpaired) electrons. The molecule has 60 valence electrons. The minimum absolute atomic E-state index is 0.253. The second-order valence-corrected chi connectivity index (χ2v) is 2.49.